The summed E-state index contributed by atoms with van der Waals surface area (Å²) in [4.78, 5) is 11.6. The van der Waals surface area contributed by atoms with Crippen LogP contribution in [0.4, 0.5) is 0 Å². The zero-order valence-corrected chi connectivity index (χ0v) is 13.0. The SMILES string of the molecule is CCC.CCC(=O)/C(=C/C1=CCC(OC)C=C1)CC. The summed E-state index contributed by atoms with van der Waals surface area (Å²) in [7, 11) is 1.71. The van der Waals surface area contributed by atoms with Crippen LogP contribution >= 0.6 is 0 Å². The molecule has 1 unspecified atom stereocenters. The van der Waals surface area contributed by atoms with Gasteiger partial charge < -0.3 is 4.74 Å². The van der Waals surface area contributed by atoms with Gasteiger partial charge in [0.1, 0.15) is 0 Å². The number of rotatable bonds is 5. The highest BCUT2D eigenvalue weighted by molar-refractivity contribution is 5.95. The molecule has 2 nitrogen and oxygen atoms in total. The smallest absolute Gasteiger partial charge is 0.158 e. The second-order valence-corrected chi connectivity index (χ2v) is 4.58. The van der Waals surface area contributed by atoms with E-state index < -0.39 is 0 Å². The number of ketones is 1. The minimum absolute atomic E-state index is 0.184. The molecule has 1 rings (SSSR count). The fourth-order valence-electron chi connectivity index (χ4n) is 1.71. The van der Waals surface area contributed by atoms with Crippen LogP contribution in [0.2, 0.25) is 0 Å². The average molecular weight is 264 g/mol. The Morgan fingerprint density at radius 1 is 1.32 bits per heavy atom. The third-order valence-corrected chi connectivity index (χ3v) is 2.79. The Morgan fingerprint density at radius 3 is 2.32 bits per heavy atom. The molecule has 0 aromatic heterocycles. The number of ether oxygens (including phenoxy) is 1. The van der Waals surface area contributed by atoms with Crippen molar-refractivity contribution in [1.82, 2.24) is 0 Å². The predicted molar refractivity (Wildman–Crippen MR) is 82.3 cm³/mol. The van der Waals surface area contributed by atoms with Crippen LogP contribution in [-0.2, 0) is 9.53 Å². The van der Waals surface area contributed by atoms with Crippen molar-refractivity contribution >= 4 is 5.78 Å². The topological polar surface area (TPSA) is 26.3 Å². The van der Waals surface area contributed by atoms with Gasteiger partial charge in [-0.1, -0.05) is 52.3 Å². The van der Waals surface area contributed by atoms with Crippen LogP contribution in [0.3, 0.4) is 0 Å². The van der Waals surface area contributed by atoms with E-state index in [-0.39, 0.29) is 11.9 Å². The normalized spacial score (nSPS) is 18.5. The van der Waals surface area contributed by atoms with E-state index in [0.717, 1.165) is 24.0 Å². The van der Waals surface area contributed by atoms with Crippen LogP contribution in [0.25, 0.3) is 0 Å². The Hall–Kier alpha value is -1.15. The lowest BCUT2D eigenvalue weighted by atomic mass is 9.99. The van der Waals surface area contributed by atoms with Gasteiger partial charge in [-0.3, -0.25) is 4.79 Å². The van der Waals surface area contributed by atoms with Crippen molar-refractivity contribution in [2.75, 3.05) is 7.11 Å². The van der Waals surface area contributed by atoms with Crippen molar-refractivity contribution in [3.8, 4) is 0 Å². The van der Waals surface area contributed by atoms with Gasteiger partial charge in [-0.15, -0.1) is 0 Å². The van der Waals surface area contributed by atoms with Gasteiger partial charge >= 0.3 is 0 Å². The van der Waals surface area contributed by atoms with Gasteiger partial charge in [0.15, 0.2) is 5.78 Å². The van der Waals surface area contributed by atoms with Crippen LogP contribution in [-0.4, -0.2) is 19.0 Å². The van der Waals surface area contributed by atoms with Crippen molar-refractivity contribution in [1.29, 1.82) is 0 Å². The number of Topliss-reactive ketones (excluding diaryl/α,β-unsaturated/α-hetero) is 1. The van der Waals surface area contributed by atoms with Crippen LogP contribution in [0, 0.1) is 0 Å². The quantitative estimate of drug-likeness (QED) is 0.677. The Labute approximate surface area is 118 Å². The van der Waals surface area contributed by atoms with Crippen molar-refractivity contribution in [3.63, 3.8) is 0 Å². The van der Waals surface area contributed by atoms with Gasteiger partial charge in [-0.05, 0) is 30.1 Å². The fourth-order valence-corrected chi connectivity index (χ4v) is 1.71. The van der Waals surface area contributed by atoms with Crippen molar-refractivity contribution in [2.45, 2.75) is 59.5 Å². The maximum Gasteiger partial charge on any atom is 0.158 e. The van der Waals surface area contributed by atoms with E-state index in [9.17, 15) is 4.79 Å². The third kappa shape index (κ3) is 7.12. The zero-order valence-electron chi connectivity index (χ0n) is 13.0. The highest BCUT2D eigenvalue weighted by Crippen LogP contribution is 2.17. The molecule has 19 heavy (non-hydrogen) atoms. The molecule has 1 atom stereocenters. The molecule has 0 saturated carbocycles. The molecule has 0 bridgehead atoms. The lowest BCUT2D eigenvalue weighted by Gasteiger charge is -2.13. The van der Waals surface area contributed by atoms with E-state index in [0.29, 0.717) is 6.42 Å². The maximum atomic E-state index is 11.6. The van der Waals surface area contributed by atoms with E-state index in [1.165, 1.54) is 6.42 Å². The molecule has 0 N–H and O–H groups in total. The highest BCUT2D eigenvalue weighted by Gasteiger charge is 2.08. The minimum Gasteiger partial charge on any atom is -0.377 e. The van der Waals surface area contributed by atoms with E-state index >= 15 is 0 Å². The lowest BCUT2D eigenvalue weighted by Crippen LogP contribution is -2.08. The minimum atomic E-state index is 0.184. The first-order chi connectivity index (χ1) is 9.12. The summed E-state index contributed by atoms with van der Waals surface area (Å²) in [6, 6.07) is 0. The molecule has 0 radical (unpaired) electrons. The first-order valence-electron chi connectivity index (χ1n) is 7.27. The number of hydrogen-bond donors (Lipinski definition) is 0. The summed E-state index contributed by atoms with van der Waals surface area (Å²) in [5, 5.41) is 0. The lowest BCUT2D eigenvalue weighted by molar-refractivity contribution is -0.115. The van der Waals surface area contributed by atoms with E-state index in [1.54, 1.807) is 7.11 Å². The fraction of sp³-hybridized carbons (Fsp3) is 0.588. The first kappa shape index (κ1) is 17.8. The van der Waals surface area contributed by atoms with Crippen LogP contribution in [0.1, 0.15) is 53.4 Å². The number of hydrogen-bond acceptors (Lipinski definition) is 2. The second kappa shape index (κ2) is 10.7. The van der Waals surface area contributed by atoms with Gasteiger partial charge in [0.05, 0.1) is 6.10 Å². The van der Waals surface area contributed by atoms with Gasteiger partial charge in [0.25, 0.3) is 0 Å². The monoisotopic (exact) mass is 264 g/mol. The summed E-state index contributed by atoms with van der Waals surface area (Å²) >= 11 is 0. The number of allylic oxidation sites excluding steroid dienone is 4. The number of methoxy groups -OCH3 is 1. The summed E-state index contributed by atoms with van der Waals surface area (Å²) in [6.45, 7) is 8.17. The second-order valence-electron chi connectivity index (χ2n) is 4.58. The maximum absolute atomic E-state index is 11.6. The first-order valence-corrected chi connectivity index (χ1v) is 7.27. The van der Waals surface area contributed by atoms with Gasteiger partial charge in [-0.2, -0.15) is 0 Å². The third-order valence-electron chi connectivity index (χ3n) is 2.79. The molecule has 0 spiro atoms. The molecule has 0 aromatic carbocycles. The van der Waals surface area contributed by atoms with Crippen LogP contribution in [0.15, 0.2) is 35.5 Å². The van der Waals surface area contributed by atoms with Crippen LogP contribution in [0.5, 0.6) is 0 Å². The molecule has 108 valence electrons. The highest BCUT2D eigenvalue weighted by atomic mass is 16.5. The molecule has 0 amide bonds. The molecule has 0 saturated heterocycles. The average Bonchev–Trinajstić information content (AvgIpc) is 2.45. The number of carbonyl (C=O) groups is 1. The van der Waals surface area contributed by atoms with E-state index in [4.69, 9.17) is 4.74 Å². The Balaban J connectivity index is 0.000000982. The standard InChI is InChI=1S/C14H20O2.C3H8/c1-4-12(14(15)5-2)10-11-6-8-13(16-3)9-7-11;1-3-2/h6-8,10,13H,4-5,9H2,1-3H3;3H2,1-2H3/b12-10+;. The molecule has 1 aliphatic carbocycles. The van der Waals surface area contributed by atoms with E-state index in [1.807, 2.05) is 32.1 Å². The zero-order chi connectivity index (χ0) is 14.7. The number of carbonyl (C=O) groups excluding carboxylic acids is 1. The van der Waals surface area contributed by atoms with Crippen LogP contribution < -0.4 is 0 Å². The summed E-state index contributed by atoms with van der Waals surface area (Å²) in [6.07, 6.45) is 11.9. The Morgan fingerprint density at radius 2 is 1.95 bits per heavy atom. The summed E-state index contributed by atoms with van der Waals surface area (Å²) in [5.41, 5.74) is 2.03. The Bertz CT molecular complexity index is 348. The van der Waals surface area contributed by atoms with Crippen molar-refractivity contribution < 1.29 is 9.53 Å². The summed E-state index contributed by atoms with van der Waals surface area (Å²) < 4.78 is 5.22. The molecular weight excluding hydrogens is 236 g/mol. The molecule has 1 aliphatic rings. The van der Waals surface area contributed by atoms with Crippen molar-refractivity contribution in [3.05, 3.63) is 35.5 Å². The van der Waals surface area contributed by atoms with Gasteiger partial charge in [0, 0.05) is 13.5 Å². The Kier molecular flexibility index (Phi) is 10.1. The molecule has 2 heteroatoms. The summed E-state index contributed by atoms with van der Waals surface area (Å²) in [5.74, 6) is 0.241. The molecular formula is C17H28O2. The molecule has 0 aromatic rings. The van der Waals surface area contributed by atoms with Crippen molar-refractivity contribution in [2.24, 2.45) is 0 Å². The van der Waals surface area contributed by atoms with Gasteiger partial charge in [-0.25, -0.2) is 0 Å². The largest absolute Gasteiger partial charge is 0.377 e. The molecule has 0 aliphatic heterocycles. The molecule has 0 heterocycles. The predicted octanol–water partition coefficient (Wildman–Crippen LogP) is 4.62. The van der Waals surface area contributed by atoms with E-state index in [2.05, 4.69) is 19.9 Å². The molecule has 0 fully saturated rings. The van der Waals surface area contributed by atoms with Gasteiger partial charge in [0.2, 0.25) is 0 Å².